The highest BCUT2D eigenvalue weighted by Crippen LogP contribution is 2.48. The number of nitrogens with zero attached hydrogens (tertiary/aromatic N) is 9. The van der Waals surface area contributed by atoms with Crippen molar-refractivity contribution in [3.8, 4) is 0 Å². The van der Waals surface area contributed by atoms with Gasteiger partial charge in [0.25, 0.3) is 0 Å². The summed E-state index contributed by atoms with van der Waals surface area (Å²) < 4.78 is 0. The first-order chi connectivity index (χ1) is 27.3. The second kappa shape index (κ2) is 15.4. The zero-order valence-electron chi connectivity index (χ0n) is 39.5. The predicted molar refractivity (Wildman–Crippen MR) is 233 cm³/mol. The fourth-order valence-corrected chi connectivity index (χ4v) is 12.2. The zero-order chi connectivity index (χ0) is 44.8. The van der Waals surface area contributed by atoms with Gasteiger partial charge in [-0.15, -0.1) is 41.1 Å². The van der Waals surface area contributed by atoms with Gasteiger partial charge in [-0.1, -0.05) is 18.2 Å². The first-order valence-corrected chi connectivity index (χ1v) is 22.1. The molecule has 0 atom stereocenters. The molecule has 4 fully saturated rings. The third kappa shape index (κ3) is 8.97. The maximum absolute atomic E-state index is 13.9. The number of aromatic nitrogens is 3. The number of hydrazine groups is 1. The summed E-state index contributed by atoms with van der Waals surface area (Å²) in [7, 11) is 0. The molecule has 334 valence electrons. The topological polar surface area (TPSA) is 162 Å². The smallest absolute Gasteiger partial charge is 0.248 e. The molecule has 60 heavy (non-hydrogen) atoms. The van der Waals surface area contributed by atoms with Crippen LogP contribution in [0.4, 0.5) is 23.5 Å². The van der Waals surface area contributed by atoms with E-state index < -0.39 is 44.3 Å². The summed E-state index contributed by atoms with van der Waals surface area (Å²) in [5.74, 6) is 1.25. The molecule has 1 aromatic heterocycles. The Labute approximate surface area is 360 Å². The van der Waals surface area contributed by atoms with Crippen LogP contribution in [0, 0.1) is 0 Å². The van der Waals surface area contributed by atoms with Crippen LogP contribution < -0.4 is 20.7 Å². The number of para-hydroxylation sites is 1. The van der Waals surface area contributed by atoms with Crippen molar-refractivity contribution in [3.05, 3.63) is 30.3 Å². The van der Waals surface area contributed by atoms with Crippen LogP contribution in [0.15, 0.2) is 30.3 Å². The Hall–Kier alpha value is -2.89. The molecule has 2 aromatic rings. The van der Waals surface area contributed by atoms with Crippen LogP contribution in [-0.2, 0) is 20.8 Å². The van der Waals surface area contributed by atoms with Gasteiger partial charge < -0.3 is 9.80 Å². The molecular weight excluding hydrogens is 759 g/mol. The lowest BCUT2D eigenvalue weighted by atomic mass is 9.74. The lowest BCUT2D eigenvalue weighted by Gasteiger charge is -2.57. The van der Waals surface area contributed by atoms with E-state index in [0.717, 1.165) is 5.69 Å². The predicted octanol–water partition coefficient (Wildman–Crippen LogP) is 8.39. The minimum Gasteiger partial charge on any atom is -0.334 e. The Balaban J connectivity index is 1.59. The molecule has 4 aliphatic heterocycles. The SMILES string of the molecule is CC1(C)CC(N(c2nc(NNc3ccccc3)nc(N(C3CC(C)(C)N([O])C(C)(C)C3)C3CC(C)(C)N([O])C(C)(C)C3)n2)C2CC(C)(C)N([O])C(C)(C)C2)CC(C)(C)N1[O]. The van der Waals surface area contributed by atoms with E-state index >= 15 is 0 Å². The fraction of sp³-hybridized carbons (Fsp3) is 0.800. The maximum Gasteiger partial charge on any atom is 0.248 e. The third-order valence-electron chi connectivity index (χ3n) is 14.0. The van der Waals surface area contributed by atoms with Crippen LogP contribution in [0.5, 0.6) is 0 Å². The van der Waals surface area contributed by atoms with Crippen molar-refractivity contribution in [1.82, 2.24) is 35.2 Å². The second-order valence-corrected chi connectivity index (χ2v) is 23.6. The lowest BCUT2D eigenvalue weighted by Crippen LogP contribution is -2.68. The van der Waals surface area contributed by atoms with Crippen molar-refractivity contribution in [2.75, 3.05) is 20.7 Å². The Morgan fingerprint density at radius 1 is 0.417 bits per heavy atom. The number of hydrogen-bond acceptors (Lipinski definition) is 11. The van der Waals surface area contributed by atoms with Gasteiger partial charge in [-0.25, -0.2) is 0 Å². The Morgan fingerprint density at radius 2 is 0.667 bits per heavy atom. The van der Waals surface area contributed by atoms with Crippen LogP contribution in [-0.4, -0.2) is 104 Å². The van der Waals surface area contributed by atoms with Gasteiger partial charge in [-0.3, -0.25) is 10.9 Å². The summed E-state index contributed by atoms with van der Waals surface area (Å²) in [6.07, 6.45) is 4.47. The van der Waals surface area contributed by atoms with Gasteiger partial charge in [0.2, 0.25) is 17.8 Å². The van der Waals surface area contributed by atoms with E-state index in [1.807, 2.05) is 141 Å². The molecule has 0 aliphatic carbocycles. The normalized spacial score (nSPS) is 27.3. The monoisotopic (exact) mass is 834 g/mol. The van der Waals surface area contributed by atoms with Crippen molar-refractivity contribution in [2.45, 2.75) is 231 Å². The first kappa shape index (κ1) is 46.6. The Kier molecular flexibility index (Phi) is 12.0. The molecule has 5 heterocycles. The Morgan fingerprint density at radius 3 is 0.917 bits per heavy atom. The molecule has 0 bridgehead atoms. The van der Waals surface area contributed by atoms with Gasteiger partial charge in [0, 0.05) is 68.5 Å². The van der Waals surface area contributed by atoms with Crippen LogP contribution in [0.1, 0.15) is 162 Å². The van der Waals surface area contributed by atoms with Gasteiger partial charge >= 0.3 is 0 Å². The number of piperidine rings is 4. The van der Waals surface area contributed by atoms with Crippen LogP contribution in [0.3, 0.4) is 0 Å². The van der Waals surface area contributed by atoms with E-state index in [1.54, 1.807) is 0 Å². The molecule has 1 aromatic carbocycles. The van der Waals surface area contributed by atoms with Crippen LogP contribution in [0.2, 0.25) is 0 Å². The van der Waals surface area contributed by atoms with E-state index in [0.29, 0.717) is 69.2 Å². The average molecular weight is 834 g/mol. The summed E-state index contributed by atoms with van der Waals surface area (Å²) in [6, 6.07) is 9.15. The average Bonchev–Trinajstić information content (AvgIpc) is 3.09. The number of hydrogen-bond donors (Lipinski definition) is 2. The van der Waals surface area contributed by atoms with Gasteiger partial charge in [0.05, 0.1) is 5.69 Å². The summed E-state index contributed by atoms with van der Waals surface area (Å²) in [6.45, 7) is 32.1. The number of rotatable bonds is 9. The van der Waals surface area contributed by atoms with Crippen molar-refractivity contribution in [1.29, 1.82) is 0 Å². The molecular formula is C45H75N11O4. The van der Waals surface area contributed by atoms with Crippen molar-refractivity contribution in [3.63, 3.8) is 0 Å². The van der Waals surface area contributed by atoms with Gasteiger partial charge in [0.1, 0.15) is 0 Å². The molecule has 6 rings (SSSR count). The largest absolute Gasteiger partial charge is 0.334 e. The van der Waals surface area contributed by atoms with Crippen LogP contribution in [0.25, 0.3) is 0 Å². The second-order valence-electron chi connectivity index (χ2n) is 23.6. The van der Waals surface area contributed by atoms with E-state index in [4.69, 9.17) is 15.0 Å². The number of nitrogens with one attached hydrogen (secondary N) is 2. The van der Waals surface area contributed by atoms with Crippen molar-refractivity contribution >= 4 is 23.5 Å². The minimum absolute atomic E-state index is 0.156. The van der Waals surface area contributed by atoms with Crippen LogP contribution >= 0.6 is 0 Å². The zero-order valence-corrected chi connectivity index (χ0v) is 39.5. The van der Waals surface area contributed by atoms with Gasteiger partial charge in [0.15, 0.2) is 0 Å². The highest BCUT2D eigenvalue weighted by Gasteiger charge is 2.56. The molecule has 0 amide bonds. The number of benzene rings is 1. The highest BCUT2D eigenvalue weighted by molar-refractivity contribution is 5.53. The summed E-state index contributed by atoms with van der Waals surface area (Å²) in [5.41, 5.74) is 1.90. The number of anilines is 4. The lowest BCUT2D eigenvalue weighted by molar-refractivity contribution is -0.294. The standard InChI is InChI=1S/C45H75N11O4/c1-38(2)22-31(23-39(3,4)53(38)57)51(32-24-40(5,6)54(58)41(7,8)25-32)36-46-35(50-49-30-20-18-17-19-21-30)47-37(48-36)52(33-26-42(9,10)55(59)43(11,12)27-33)34-28-44(13,14)56(60)45(15,16)29-34/h17-21,31-34,49H,22-29H2,1-16H3,(H,46,47,48,50). The first-order valence-electron chi connectivity index (χ1n) is 22.1. The minimum atomic E-state index is -0.695. The molecule has 2 N–H and O–H groups in total. The van der Waals surface area contributed by atoms with Crippen molar-refractivity contribution in [2.24, 2.45) is 0 Å². The molecule has 4 radical (unpaired) electrons. The molecule has 15 nitrogen and oxygen atoms in total. The molecule has 4 saturated heterocycles. The van der Waals surface area contributed by atoms with Crippen molar-refractivity contribution < 1.29 is 20.8 Å². The molecule has 0 spiro atoms. The molecule has 0 unspecified atom stereocenters. The maximum atomic E-state index is 13.9. The molecule has 4 aliphatic rings. The molecule has 0 saturated carbocycles. The highest BCUT2D eigenvalue weighted by atomic mass is 16.5. The summed E-state index contributed by atoms with van der Waals surface area (Å²) in [5, 5.41) is 60.4. The molecule has 15 heteroatoms. The number of hydroxylamine groups is 8. The van der Waals surface area contributed by atoms with E-state index in [-0.39, 0.29) is 24.2 Å². The Bertz CT molecular complexity index is 1570. The summed E-state index contributed by atoms with van der Waals surface area (Å²) in [4.78, 5) is 20.7. The fourth-order valence-electron chi connectivity index (χ4n) is 12.2. The third-order valence-corrected chi connectivity index (χ3v) is 14.0. The van der Waals surface area contributed by atoms with E-state index in [1.165, 1.54) is 20.3 Å². The van der Waals surface area contributed by atoms with Gasteiger partial charge in [-0.2, -0.15) is 15.0 Å². The summed E-state index contributed by atoms with van der Waals surface area (Å²) >= 11 is 0. The van der Waals surface area contributed by atoms with E-state index in [9.17, 15) is 20.8 Å². The quantitative estimate of drug-likeness (QED) is 0.234. The van der Waals surface area contributed by atoms with E-state index in [2.05, 4.69) is 20.7 Å². The van der Waals surface area contributed by atoms with Gasteiger partial charge in [-0.05, 0) is 174 Å².